The van der Waals surface area contributed by atoms with Crippen LogP contribution in [0.25, 0.3) is 0 Å². The second kappa shape index (κ2) is 8.05. The Morgan fingerprint density at radius 1 is 1.33 bits per heavy atom. The molecule has 142 valence electrons. The quantitative estimate of drug-likeness (QED) is 0.606. The zero-order chi connectivity index (χ0) is 19.4. The van der Waals surface area contributed by atoms with Gasteiger partial charge >= 0.3 is 6.18 Å². The highest BCUT2D eigenvalue weighted by Crippen LogP contribution is 2.36. The largest absolute Gasteiger partial charge is 0.467 e. The topological polar surface area (TPSA) is 73.0 Å². The number of carbonyl (C=O) groups is 1. The fourth-order valence-electron chi connectivity index (χ4n) is 2.21. The predicted molar refractivity (Wildman–Crippen MR) is 93.6 cm³/mol. The van der Waals surface area contributed by atoms with Crippen molar-refractivity contribution in [1.82, 2.24) is 14.8 Å². The van der Waals surface area contributed by atoms with Crippen molar-refractivity contribution < 1.29 is 22.4 Å². The van der Waals surface area contributed by atoms with Crippen LogP contribution in [0.2, 0.25) is 5.02 Å². The van der Waals surface area contributed by atoms with E-state index in [4.69, 9.17) is 16.0 Å². The van der Waals surface area contributed by atoms with Crippen LogP contribution in [-0.4, -0.2) is 26.4 Å². The van der Waals surface area contributed by atoms with E-state index in [1.54, 1.807) is 16.7 Å². The molecule has 2 heterocycles. The van der Waals surface area contributed by atoms with E-state index in [2.05, 4.69) is 15.5 Å². The second-order valence-corrected chi connectivity index (χ2v) is 6.72. The molecule has 0 saturated heterocycles. The van der Waals surface area contributed by atoms with Gasteiger partial charge in [-0.3, -0.25) is 4.79 Å². The fraction of sp³-hybridized carbons (Fsp3) is 0.188. The van der Waals surface area contributed by atoms with Crippen LogP contribution in [0, 0.1) is 0 Å². The Morgan fingerprint density at radius 2 is 2.15 bits per heavy atom. The Morgan fingerprint density at radius 3 is 2.85 bits per heavy atom. The molecule has 6 nitrogen and oxygen atoms in total. The number of nitrogens with zero attached hydrogens (tertiary/aromatic N) is 3. The molecule has 0 aliphatic carbocycles. The van der Waals surface area contributed by atoms with E-state index in [0.29, 0.717) is 17.5 Å². The highest BCUT2D eigenvalue weighted by molar-refractivity contribution is 7.99. The van der Waals surface area contributed by atoms with Crippen LogP contribution < -0.4 is 5.32 Å². The van der Waals surface area contributed by atoms with Crippen molar-refractivity contribution in [3.8, 4) is 0 Å². The van der Waals surface area contributed by atoms with E-state index in [1.165, 1.54) is 18.7 Å². The first-order valence-electron chi connectivity index (χ1n) is 7.52. The minimum absolute atomic E-state index is 0.0688. The summed E-state index contributed by atoms with van der Waals surface area (Å²) in [6, 6.07) is 6.68. The molecule has 1 amide bonds. The average molecular weight is 417 g/mol. The number of nitrogens with one attached hydrogen (secondary N) is 1. The number of amides is 1. The third-order valence-electron chi connectivity index (χ3n) is 3.38. The van der Waals surface area contributed by atoms with Crippen LogP contribution in [0.1, 0.15) is 11.3 Å². The van der Waals surface area contributed by atoms with Crippen LogP contribution in [0.3, 0.4) is 0 Å². The number of anilines is 1. The first kappa shape index (κ1) is 19.3. The van der Waals surface area contributed by atoms with E-state index in [0.717, 1.165) is 23.9 Å². The summed E-state index contributed by atoms with van der Waals surface area (Å²) >= 11 is 6.67. The molecule has 0 saturated carbocycles. The molecule has 1 N–H and O–H groups in total. The third kappa shape index (κ3) is 5.04. The van der Waals surface area contributed by atoms with Gasteiger partial charge in [0.2, 0.25) is 5.91 Å². The Bertz CT molecular complexity index is 928. The predicted octanol–water partition coefficient (Wildman–Crippen LogP) is 4.32. The molecular formula is C16H12ClF3N4O2S. The molecule has 11 heteroatoms. The Kier molecular flexibility index (Phi) is 5.76. The molecular weight excluding hydrogens is 405 g/mol. The number of alkyl halides is 3. The first-order valence-corrected chi connectivity index (χ1v) is 8.89. The van der Waals surface area contributed by atoms with Gasteiger partial charge in [0.05, 0.1) is 29.8 Å². The SMILES string of the molecule is O=C(CSc1nncn1Cc1ccco1)Nc1ccc(Cl)cc1C(F)(F)F. The molecule has 3 aromatic rings. The number of carbonyl (C=O) groups excluding carboxylic acids is 1. The van der Waals surface area contributed by atoms with Gasteiger partial charge in [-0.2, -0.15) is 13.2 Å². The number of benzene rings is 1. The Labute approximate surface area is 160 Å². The summed E-state index contributed by atoms with van der Waals surface area (Å²) in [4.78, 5) is 12.1. The average Bonchev–Trinajstić information content (AvgIpc) is 3.26. The maximum Gasteiger partial charge on any atom is 0.418 e. The van der Waals surface area contributed by atoms with E-state index in [-0.39, 0.29) is 16.5 Å². The van der Waals surface area contributed by atoms with Gasteiger partial charge in [-0.25, -0.2) is 0 Å². The van der Waals surface area contributed by atoms with Gasteiger partial charge in [-0.05, 0) is 30.3 Å². The van der Waals surface area contributed by atoms with Crippen molar-refractivity contribution in [2.24, 2.45) is 0 Å². The van der Waals surface area contributed by atoms with Gasteiger partial charge in [0.1, 0.15) is 12.1 Å². The van der Waals surface area contributed by atoms with Gasteiger partial charge in [0.15, 0.2) is 5.16 Å². The number of hydrogen-bond donors (Lipinski definition) is 1. The molecule has 0 atom stereocenters. The molecule has 0 aliphatic heterocycles. The third-order valence-corrected chi connectivity index (χ3v) is 4.60. The van der Waals surface area contributed by atoms with E-state index in [1.807, 2.05) is 0 Å². The monoisotopic (exact) mass is 416 g/mol. The van der Waals surface area contributed by atoms with Gasteiger partial charge < -0.3 is 14.3 Å². The zero-order valence-corrected chi connectivity index (χ0v) is 15.1. The van der Waals surface area contributed by atoms with Crippen LogP contribution in [0.5, 0.6) is 0 Å². The number of rotatable bonds is 6. The molecule has 27 heavy (non-hydrogen) atoms. The molecule has 0 fully saturated rings. The van der Waals surface area contributed by atoms with Gasteiger partial charge in [0.25, 0.3) is 0 Å². The number of halogens is 4. The first-order chi connectivity index (χ1) is 12.8. The van der Waals surface area contributed by atoms with Gasteiger partial charge in [-0.1, -0.05) is 23.4 Å². The van der Waals surface area contributed by atoms with Crippen molar-refractivity contribution >= 4 is 35.0 Å². The lowest BCUT2D eigenvalue weighted by atomic mass is 10.1. The standard InChI is InChI=1S/C16H12ClF3N4O2S/c17-10-3-4-13(12(6-10)16(18,19)20)22-14(25)8-27-15-23-21-9-24(15)7-11-2-1-5-26-11/h1-6,9H,7-8H2,(H,22,25). The molecule has 2 aromatic heterocycles. The molecule has 1 aromatic carbocycles. The summed E-state index contributed by atoms with van der Waals surface area (Å²) < 4.78 is 46.1. The summed E-state index contributed by atoms with van der Waals surface area (Å²) in [5.74, 6) is -0.0750. The fourth-order valence-corrected chi connectivity index (χ4v) is 3.10. The minimum Gasteiger partial charge on any atom is -0.467 e. The lowest BCUT2D eigenvalue weighted by Crippen LogP contribution is -2.18. The summed E-state index contributed by atoms with van der Waals surface area (Å²) in [7, 11) is 0. The van der Waals surface area contributed by atoms with E-state index < -0.39 is 17.6 Å². The summed E-state index contributed by atoms with van der Waals surface area (Å²) in [6.45, 7) is 0.374. The molecule has 0 bridgehead atoms. The molecule has 0 radical (unpaired) electrons. The smallest absolute Gasteiger partial charge is 0.418 e. The molecule has 0 unspecified atom stereocenters. The lowest BCUT2D eigenvalue weighted by molar-refractivity contribution is -0.137. The Hall–Kier alpha value is -2.46. The van der Waals surface area contributed by atoms with Gasteiger partial charge in [-0.15, -0.1) is 10.2 Å². The maximum absolute atomic E-state index is 13.1. The second-order valence-electron chi connectivity index (χ2n) is 5.35. The lowest BCUT2D eigenvalue weighted by Gasteiger charge is -2.14. The summed E-state index contributed by atoms with van der Waals surface area (Å²) in [6.07, 6.45) is -1.63. The van der Waals surface area contributed by atoms with E-state index in [9.17, 15) is 18.0 Å². The van der Waals surface area contributed by atoms with Crippen molar-refractivity contribution in [2.45, 2.75) is 17.9 Å². The van der Waals surface area contributed by atoms with Crippen LogP contribution in [0.15, 0.2) is 52.5 Å². The maximum atomic E-state index is 13.1. The van der Waals surface area contributed by atoms with Crippen LogP contribution >= 0.6 is 23.4 Å². The number of furan rings is 1. The van der Waals surface area contributed by atoms with Crippen molar-refractivity contribution in [3.05, 3.63) is 59.3 Å². The van der Waals surface area contributed by atoms with Gasteiger partial charge in [0, 0.05) is 5.02 Å². The highest BCUT2D eigenvalue weighted by atomic mass is 35.5. The normalized spacial score (nSPS) is 11.6. The summed E-state index contributed by atoms with van der Waals surface area (Å²) in [5.41, 5.74) is -1.36. The van der Waals surface area contributed by atoms with Crippen LogP contribution in [0.4, 0.5) is 18.9 Å². The Balaban J connectivity index is 1.64. The van der Waals surface area contributed by atoms with Crippen molar-refractivity contribution in [1.29, 1.82) is 0 Å². The zero-order valence-electron chi connectivity index (χ0n) is 13.5. The molecule has 0 aliphatic rings. The molecule has 3 rings (SSSR count). The molecule has 0 spiro atoms. The number of hydrogen-bond acceptors (Lipinski definition) is 5. The highest BCUT2D eigenvalue weighted by Gasteiger charge is 2.34. The summed E-state index contributed by atoms with van der Waals surface area (Å²) in [5, 5.41) is 10.3. The van der Waals surface area contributed by atoms with Crippen molar-refractivity contribution in [2.75, 3.05) is 11.1 Å². The van der Waals surface area contributed by atoms with Crippen LogP contribution in [-0.2, 0) is 17.5 Å². The van der Waals surface area contributed by atoms with Crippen molar-refractivity contribution in [3.63, 3.8) is 0 Å². The number of aromatic nitrogens is 3. The van der Waals surface area contributed by atoms with E-state index >= 15 is 0 Å². The number of thioether (sulfide) groups is 1. The minimum atomic E-state index is -4.64.